The second-order valence-electron chi connectivity index (χ2n) is 5.67. The van der Waals surface area contributed by atoms with Crippen LogP contribution in [0.1, 0.15) is 27.5 Å². The van der Waals surface area contributed by atoms with Crippen LogP contribution in [0.25, 0.3) is 0 Å². The summed E-state index contributed by atoms with van der Waals surface area (Å²) in [5.74, 6) is 0.973. The number of carbonyl (C=O) groups excluding carboxylic acids is 1. The SMILES string of the molecule is CN(C)[C@@H](CNC(=O)c1ccsc1)c1ccc2c(c1)CCO2. The molecule has 4 nitrogen and oxygen atoms in total. The quantitative estimate of drug-likeness (QED) is 0.922. The van der Waals surface area contributed by atoms with E-state index in [0.717, 1.165) is 24.3 Å². The highest BCUT2D eigenvalue weighted by Gasteiger charge is 2.19. The summed E-state index contributed by atoms with van der Waals surface area (Å²) >= 11 is 1.53. The summed E-state index contributed by atoms with van der Waals surface area (Å²) in [6.07, 6.45) is 0.963. The lowest BCUT2D eigenvalue weighted by molar-refractivity contribution is 0.0942. The average molecular weight is 316 g/mol. The fraction of sp³-hybridized carbons (Fsp3) is 0.353. The van der Waals surface area contributed by atoms with E-state index in [1.807, 2.05) is 37.0 Å². The number of amides is 1. The lowest BCUT2D eigenvalue weighted by Gasteiger charge is -2.25. The Kier molecular flexibility index (Phi) is 4.45. The van der Waals surface area contributed by atoms with Gasteiger partial charge in [-0.25, -0.2) is 0 Å². The number of nitrogens with zero attached hydrogens (tertiary/aromatic N) is 1. The molecule has 0 bridgehead atoms. The number of likely N-dealkylation sites (N-methyl/N-ethyl adjacent to an activating group) is 1. The smallest absolute Gasteiger partial charge is 0.252 e. The third kappa shape index (κ3) is 3.15. The molecule has 0 fully saturated rings. The maximum atomic E-state index is 12.1. The van der Waals surface area contributed by atoms with Crippen molar-refractivity contribution in [2.24, 2.45) is 0 Å². The molecule has 22 heavy (non-hydrogen) atoms. The molecule has 2 heterocycles. The van der Waals surface area contributed by atoms with E-state index in [0.29, 0.717) is 6.54 Å². The molecule has 0 saturated carbocycles. The van der Waals surface area contributed by atoms with Gasteiger partial charge in [-0.3, -0.25) is 4.79 Å². The number of nitrogens with one attached hydrogen (secondary N) is 1. The number of ether oxygens (including phenoxy) is 1. The zero-order chi connectivity index (χ0) is 15.5. The summed E-state index contributed by atoms with van der Waals surface area (Å²) in [6.45, 7) is 1.35. The van der Waals surface area contributed by atoms with E-state index >= 15 is 0 Å². The van der Waals surface area contributed by atoms with Gasteiger partial charge in [0.15, 0.2) is 0 Å². The molecule has 1 aliphatic rings. The van der Waals surface area contributed by atoms with Gasteiger partial charge in [0.25, 0.3) is 5.91 Å². The minimum Gasteiger partial charge on any atom is -0.493 e. The molecular formula is C17H20N2O2S. The molecule has 2 aromatic rings. The number of thiophene rings is 1. The Bertz CT molecular complexity index is 653. The van der Waals surface area contributed by atoms with Gasteiger partial charge in [0.05, 0.1) is 12.6 Å². The summed E-state index contributed by atoms with van der Waals surface area (Å²) < 4.78 is 5.56. The predicted molar refractivity (Wildman–Crippen MR) is 88.7 cm³/mol. The van der Waals surface area contributed by atoms with Gasteiger partial charge in [-0.15, -0.1) is 0 Å². The molecule has 1 aromatic carbocycles. The highest BCUT2D eigenvalue weighted by Crippen LogP contribution is 2.29. The van der Waals surface area contributed by atoms with Crippen molar-refractivity contribution in [1.29, 1.82) is 0 Å². The van der Waals surface area contributed by atoms with E-state index in [1.54, 1.807) is 0 Å². The molecule has 5 heteroatoms. The molecule has 0 saturated heterocycles. The Labute approximate surface area is 134 Å². The van der Waals surface area contributed by atoms with Crippen molar-refractivity contribution in [3.8, 4) is 5.75 Å². The van der Waals surface area contributed by atoms with Gasteiger partial charge in [0.1, 0.15) is 5.75 Å². The van der Waals surface area contributed by atoms with E-state index in [-0.39, 0.29) is 11.9 Å². The Hall–Kier alpha value is -1.85. The van der Waals surface area contributed by atoms with Crippen LogP contribution in [0.15, 0.2) is 35.0 Å². The van der Waals surface area contributed by atoms with Crippen molar-refractivity contribution < 1.29 is 9.53 Å². The Morgan fingerprint density at radius 3 is 3.00 bits per heavy atom. The zero-order valence-electron chi connectivity index (χ0n) is 12.8. The number of hydrogen-bond donors (Lipinski definition) is 1. The second-order valence-corrected chi connectivity index (χ2v) is 6.45. The lowest BCUT2D eigenvalue weighted by atomic mass is 10.0. The largest absolute Gasteiger partial charge is 0.493 e. The molecule has 0 spiro atoms. The van der Waals surface area contributed by atoms with Crippen molar-refractivity contribution in [3.05, 3.63) is 51.7 Å². The lowest BCUT2D eigenvalue weighted by Crippen LogP contribution is -2.34. The van der Waals surface area contributed by atoms with E-state index < -0.39 is 0 Å². The fourth-order valence-electron chi connectivity index (χ4n) is 2.70. The van der Waals surface area contributed by atoms with Crippen LogP contribution in [-0.2, 0) is 6.42 Å². The first-order valence-corrected chi connectivity index (χ1v) is 8.32. The van der Waals surface area contributed by atoms with E-state index in [2.05, 4.69) is 22.3 Å². The molecule has 1 atom stereocenters. The van der Waals surface area contributed by atoms with Gasteiger partial charge in [-0.05, 0) is 42.7 Å². The van der Waals surface area contributed by atoms with Crippen LogP contribution in [0.2, 0.25) is 0 Å². The molecule has 3 rings (SSSR count). The van der Waals surface area contributed by atoms with E-state index in [4.69, 9.17) is 4.74 Å². The third-order valence-electron chi connectivity index (χ3n) is 3.96. The minimum atomic E-state index is -0.0161. The van der Waals surface area contributed by atoms with Crippen LogP contribution in [0.5, 0.6) is 5.75 Å². The van der Waals surface area contributed by atoms with Gasteiger partial charge in [-0.1, -0.05) is 12.1 Å². The van der Waals surface area contributed by atoms with Gasteiger partial charge in [0.2, 0.25) is 0 Å². The molecule has 1 N–H and O–H groups in total. The number of benzene rings is 1. The molecule has 1 aliphatic heterocycles. The number of carbonyl (C=O) groups is 1. The maximum Gasteiger partial charge on any atom is 0.252 e. The number of hydrogen-bond acceptors (Lipinski definition) is 4. The molecular weight excluding hydrogens is 296 g/mol. The summed E-state index contributed by atoms with van der Waals surface area (Å²) in [4.78, 5) is 14.2. The number of rotatable bonds is 5. The third-order valence-corrected chi connectivity index (χ3v) is 4.64. The van der Waals surface area contributed by atoms with Crippen LogP contribution in [-0.4, -0.2) is 38.1 Å². The van der Waals surface area contributed by atoms with Gasteiger partial charge >= 0.3 is 0 Å². The van der Waals surface area contributed by atoms with Crippen LogP contribution in [0.3, 0.4) is 0 Å². The first-order valence-electron chi connectivity index (χ1n) is 7.37. The first-order chi connectivity index (χ1) is 10.6. The molecule has 1 amide bonds. The van der Waals surface area contributed by atoms with E-state index in [9.17, 15) is 4.79 Å². The Morgan fingerprint density at radius 2 is 2.27 bits per heavy atom. The van der Waals surface area contributed by atoms with Crippen molar-refractivity contribution in [3.63, 3.8) is 0 Å². The highest BCUT2D eigenvalue weighted by atomic mass is 32.1. The van der Waals surface area contributed by atoms with Gasteiger partial charge < -0.3 is 15.0 Å². The first kappa shape index (κ1) is 15.1. The van der Waals surface area contributed by atoms with Crippen LogP contribution >= 0.6 is 11.3 Å². The molecule has 116 valence electrons. The predicted octanol–water partition coefficient (Wildman–Crippen LogP) is 2.72. The minimum absolute atomic E-state index is 0.0161. The maximum absolute atomic E-state index is 12.1. The van der Waals surface area contributed by atoms with Crippen molar-refractivity contribution in [2.45, 2.75) is 12.5 Å². The van der Waals surface area contributed by atoms with Crippen molar-refractivity contribution >= 4 is 17.2 Å². The van der Waals surface area contributed by atoms with Crippen LogP contribution < -0.4 is 10.1 Å². The number of fused-ring (bicyclic) bond motifs is 1. The summed E-state index contributed by atoms with van der Waals surface area (Å²) in [7, 11) is 4.07. The summed E-state index contributed by atoms with van der Waals surface area (Å²) in [5, 5.41) is 6.81. The molecule has 0 radical (unpaired) electrons. The Balaban J connectivity index is 1.71. The van der Waals surface area contributed by atoms with Crippen molar-refractivity contribution in [2.75, 3.05) is 27.2 Å². The Morgan fingerprint density at radius 1 is 1.41 bits per heavy atom. The molecule has 1 aromatic heterocycles. The van der Waals surface area contributed by atoms with Crippen LogP contribution in [0.4, 0.5) is 0 Å². The summed E-state index contributed by atoms with van der Waals surface area (Å²) in [6, 6.07) is 8.31. The zero-order valence-corrected chi connectivity index (χ0v) is 13.7. The normalized spacial score (nSPS) is 14.5. The fourth-order valence-corrected chi connectivity index (χ4v) is 3.33. The monoisotopic (exact) mass is 316 g/mol. The summed E-state index contributed by atoms with van der Waals surface area (Å²) in [5.41, 5.74) is 3.19. The van der Waals surface area contributed by atoms with Crippen molar-refractivity contribution in [1.82, 2.24) is 10.2 Å². The van der Waals surface area contributed by atoms with E-state index in [1.165, 1.54) is 22.5 Å². The standard InChI is InChI=1S/C17H20N2O2S/c1-19(2)15(10-18-17(20)14-6-8-22-11-14)12-3-4-16-13(9-12)5-7-21-16/h3-4,6,8-9,11,15H,5,7,10H2,1-2H3,(H,18,20)/t15-/m0/s1. The van der Waals surface area contributed by atoms with Gasteiger partial charge in [-0.2, -0.15) is 11.3 Å². The second kappa shape index (κ2) is 6.50. The average Bonchev–Trinajstić information content (AvgIpc) is 3.17. The van der Waals surface area contributed by atoms with Crippen LogP contribution in [0, 0.1) is 0 Å². The molecule has 0 aliphatic carbocycles. The topological polar surface area (TPSA) is 41.6 Å². The van der Waals surface area contributed by atoms with Gasteiger partial charge in [0, 0.05) is 23.9 Å². The molecule has 0 unspecified atom stereocenters. The highest BCUT2D eigenvalue weighted by molar-refractivity contribution is 7.08.